The van der Waals surface area contributed by atoms with Crippen LogP contribution in [0.4, 0.5) is 0 Å². The van der Waals surface area contributed by atoms with Gasteiger partial charge in [0.25, 0.3) is 0 Å². The van der Waals surface area contributed by atoms with Crippen LogP contribution in [0.2, 0.25) is 24.2 Å². The fraction of sp³-hybridized carbons (Fsp3) is 0.944. The van der Waals surface area contributed by atoms with Crippen LogP contribution in [-0.2, 0) is 0 Å². The molecule has 0 saturated carbocycles. The van der Waals surface area contributed by atoms with Gasteiger partial charge >= 0.3 is 0 Å². The van der Waals surface area contributed by atoms with E-state index in [9.17, 15) is 0 Å². The molecule has 0 nitrogen and oxygen atoms in total. The Bertz CT molecular complexity index is 216. The molecule has 0 bridgehead atoms. The molecule has 0 aliphatic heterocycles. The number of rotatable bonds is 5. The van der Waals surface area contributed by atoms with Gasteiger partial charge in [-0.15, -0.1) is 0 Å². The lowest BCUT2D eigenvalue weighted by atomic mass is 9.99. The predicted octanol–water partition coefficient (Wildman–Crippen LogP) is 6.80. The Labute approximate surface area is 124 Å². The van der Waals surface area contributed by atoms with Crippen molar-refractivity contribution in [1.82, 2.24) is 0 Å². The number of hydrogen-bond acceptors (Lipinski definition) is 0. The Hall–Kier alpha value is 0.217. The third-order valence-electron chi connectivity index (χ3n) is 3.35. The van der Waals surface area contributed by atoms with E-state index in [1.807, 2.05) is 0 Å². The zero-order chi connectivity index (χ0) is 15.5. The van der Waals surface area contributed by atoms with Crippen molar-refractivity contribution in [2.45, 2.75) is 93.4 Å². The molecule has 0 amide bonds. The lowest BCUT2D eigenvalue weighted by Gasteiger charge is -2.44. The highest BCUT2D eigenvalue weighted by Crippen LogP contribution is 2.45. The Morgan fingerprint density at radius 2 is 0.895 bits per heavy atom. The van der Waals surface area contributed by atoms with Crippen molar-refractivity contribution in [2.75, 3.05) is 0 Å². The van der Waals surface area contributed by atoms with E-state index in [1.165, 1.54) is 24.2 Å². The van der Waals surface area contributed by atoms with Crippen LogP contribution in [0.5, 0.6) is 0 Å². The second kappa shape index (κ2) is 6.33. The summed E-state index contributed by atoms with van der Waals surface area (Å²) < 4.78 is 0. The molecule has 0 aromatic heterocycles. The van der Waals surface area contributed by atoms with Gasteiger partial charge < -0.3 is 0 Å². The first kappa shape index (κ1) is 19.2. The normalized spacial score (nSPS) is 14.8. The van der Waals surface area contributed by atoms with Gasteiger partial charge in [0, 0.05) is 0 Å². The van der Waals surface area contributed by atoms with Crippen LogP contribution < -0.4 is 0 Å². The van der Waals surface area contributed by atoms with Crippen LogP contribution in [-0.4, -0.2) is 8.07 Å². The van der Waals surface area contributed by atoms with E-state index in [1.54, 1.807) is 0 Å². The van der Waals surface area contributed by atoms with Crippen molar-refractivity contribution in [2.24, 2.45) is 16.2 Å². The first-order valence-electron chi connectivity index (χ1n) is 7.96. The molecule has 0 heterocycles. The summed E-state index contributed by atoms with van der Waals surface area (Å²) >= 11 is 0. The maximum atomic E-state index is 2.45. The van der Waals surface area contributed by atoms with Crippen molar-refractivity contribution >= 4 is 8.07 Å². The Kier molecular flexibility index (Phi) is 6.40. The van der Waals surface area contributed by atoms with E-state index >= 15 is 0 Å². The van der Waals surface area contributed by atoms with E-state index in [-0.39, 0.29) is 0 Å². The Morgan fingerprint density at radius 3 is 1.05 bits per heavy atom. The van der Waals surface area contributed by atoms with E-state index in [0.29, 0.717) is 16.2 Å². The molecule has 1 heteroatoms. The summed E-state index contributed by atoms with van der Waals surface area (Å²) in [5, 5.41) is 0. The summed E-state index contributed by atoms with van der Waals surface area (Å²) in [6, 6.07) is 5.76. The van der Waals surface area contributed by atoms with Gasteiger partial charge in [-0.25, -0.2) is 0 Å². The first-order chi connectivity index (χ1) is 8.18. The third kappa shape index (κ3) is 9.71. The molecule has 0 unspecified atom stereocenters. The molecule has 0 aliphatic rings. The monoisotopic (exact) mass is 283 g/mol. The summed E-state index contributed by atoms with van der Waals surface area (Å²) in [6.45, 7) is 24.1. The highest BCUT2D eigenvalue weighted by atomic mass is 28.3. The fourth-order valence-corrected chi connectivity index (χ4v) is 12.6. The standard InChI is InChI=1S/C18H39Si/c1-11-12-19(13-16(2,3)4,14-17(5,6)7)15-18(8,9)10/h11H,12-15H2,1-10H3. The minimum Gasteiger partial charge on any atom is -0.0625 e. The molecule has 0 rings (SSSR count). The van der Waals surface area contributed by atoms with Gasteiger partial charge in [0.2, 0.25) is 0 Å². The fourth-order valence-electron chi connectivity index (χ4n) is 4.21. The van der Waals surface area contributed by atoms with Gasteiger partial charge in [-0.1, -0.05) is 93.4 Å². The molecule has 0 spiro atoms. The Morgan fingerprint density at radius 1 is 0.632 bits per heavy atom. The van der Waals surface area contributed by atoms with Crippen molar-refractivity contribution in [1.29, 1.82) is 0 Å². The van der Waals surface area contributed by atoms with Crippen LogP contribution in [0.1, 0.15) is 69.2 Å². The van der Waals surface area contributed by atoms with Gasteiger partial charge in [-0.05, 0) is 22.7 Å². The molecule has 115 valence electrons. The second-order valence-electron chi connectivity index (χ2n) is 10.3. The first-order valence-corrected chi connectivity index (χ1v) is 10.8. The van der Waals surface area contributed by atoms with Crippen LogP contribution in [0.15, 0.2) is 0 Å². The van der Waals surface area contributed by atoms with Gasteiger partial charge in [-0.3, -0.25) is 0 Å². The summed E-state index contributed by atoms with van der Waals surface area (Å²) in [4.78, 5) is 0. The van der Waals surface area contributed by atoms with Gasteiger partial charge in [0.15, 0.2) is 0 Å². The van der Waals surface area contributed by atoms with Crippen LogP contribution in [0.25, 0.3) is 0 Å². The van der Waals surface area contributed by atoms with Crippen molar-refractivity contribution in [3.63, 3.8) is 0 Å². The second-order valence-corrected chi connectivity index (χ2v) is 14.8. The average molecular weight is 284 g/mol. The van der Waals surface area contributed by atoms with Crippen molar-refractivity contribution < 1.29 is 0 Å². The Balaban J connectivity index is 5.34. The van der Waals surface area contributed by atoms with E-state index in [4.69, 9.17) is 0 Å². The molecule has 0 aromatic rings. The minimum atomic E-state index is -1.26. The molecule has 0 saturated heterocycles. The SMILES string of the molecule is C[CH]C[Si](CC(C)(C)C)(CC(C)(C)C)CC(C)(C)C. The smallest absolute Gasteiger partial charge is 0.0554 e. The highest BCUT2D eigenvalue weighted by Gasteiger charge is 2.41. The minimum absolute atomic E-state index is 0.464. The average Bonchev–Trinajstić information content (AvgIpc) is 1.90. The van der Waals surface area contributed by atoms with E-state index < -0.39 is 8.07 Å². The van der Waals surface area contributed by atoms with Crippen LogP contribution >= 0.6 is 0 Å². The molecule has 0 aromatic carbocycles. The van der Waals surface area contributed by atoms with Crippen molar-refractivity contribution in [3.05, 3.63) is 6.42 Å². The van der Waals surface area contributed by atoms with Gasteiger partial charge in [-0.2, -0.15) is 0 Å². The molecule has 0 aliphatic carbocycles. The van der Waals surface area contributed by atoms with Crippen LogP contribution in [0.3, 0.4) is 0 Å². The molecule has 0 atom stereocenters. The van der Waals surface area contributed by atoms with E-state index in [0.717, 1.165) is 0 Å². The van der Waals surface area contributed by atoms with Crippen LogP contribution in [0, 0.1) is 22.7 Å². The largest absolute Gasteiger partial charge is 0.0625 e. The molecular weight excluding hydrogens is 244 g/mol. The zero-order valence-corrected chi connectivity index (χ0v) is 16.4. The molecule has 1 radical (unpaired) electrons. The predicted molar refractivity (Wildman–Crippen MR) is 93.3 cm³/mol. The van der Waals surface area contributed by atoms with E-state index in [2.05, 4.69) is 75.7 Å². The summed E-state index contributed by atoms with van der Waals surface area (Å²) in [7, 11) is -1.26. The molecule has 0 fully saturated rings. The van der Waals surface area contributed by atoms with Gasteiger partial charge in [0.1, 0.15) is 0 Å². The summed E-state index contributed by atoms with van der Waals surface area (Å²) in [5.74, 6) is 0. The maximum Gasteiger partial charge on any atom is 0.0554 e. The molecule has 0 N–H and O–H groups in total. The zero-order valence-electron chi connectivity index (χ0n) is 15.4. The van der Waals surface area contributed by atoms with Crippen molar-refractivity contribution in [3.8, 4) is 0 Å². The third-order valence-corrected chi connectivity index (χ3v) is 10.1. The van der Waals surface area contributed by atoms with Gasteiger partial charge in [0.05, 0.1) is 8.07 Å². The molecular formula is C18H39Si. The lowest BCUT2D eigenvalue weighted by Crippen LogP contribution is -2.44. The maximum absolute atomic E-state index is 2.45. The summed E-state index contributed by atoms with van der Waals surface area (Å²) in [5.41, 5.74) is 1.39. The lowest BCUT2D eigenvalue weighted by molar-refractivity contribution is 0.406. The summed E-state index contributed by atoms with van der Waals surface area (Å²) in [6.07, 6.45) is 2.45. The molecule has 19 heavy (non-hydrogen) atoms. The highest BCUT2D eigenvalue weighted by molar-refractivity contribution is 6.80. The number of hydrogen-bond donors (Lipinski definition) is 0. The quantitative estimate of drug-likeness (QED) is 0.487. The topological polar surface area (TPSA) is 0 Å².